The Morgan fingerprint density at radius 2 is 2.00 bits per heavy atom. The number of benzene rings is 2. The molecule has 4 rings (SSSR count). The van der Waals surface area contributed by atoms with Crippen molar-refractivity contribution in [2.75, 3.05) is 5.32 Å². The molecule has 0 radical (unpaired) electrons. The van der Waals surface area contributed by atoms with Crippen LogP contribution in [0.4, 0.5) is 18.9 Å². The summed E-state index contributed by atoms with van der Waals surface area (Å²) in [5.41, 5.74) is 2.34. The minimum absolute atomic E-state index is 0.0249. The highest BCUT2D eigenvalue weighted by Crippen LogP contribution is 2.36. The number of hydrogen-bond acceptors (Lipinski definition) is 5. The Morgan fingerprint density at radius 1 is 1.21 bits per heavy atom. The quantitative estimate of drug-likeness (QED) is 0.692. The second-order valence-electron chi connectivity index (χ2n) is 6.16. The van der Waals surface area contributed by atoms with Crippen LogP contribution >= 0.6 is 0 Å². The van der Waals surface area contributed by atoms with Gasteiger partial charge in [0.25, 0.3) is 0 Å². The van der Waals surface area contributed by atoms with Crippen LogP contribution in [0.25, 0.3) is 11.1 Å². The highest BCUT2D eigenvalue weighted by Gasteiger charge is 2.32. The van der Waals surface area contributed by atoms with E-state index in [9.17, 15) is 18.0 Å². The predicted octanol–water partition coefficient (Wildman–Crippen LogP) is 3.98. The first-order valence-corrected chi connectivity index (χ1v) is 8.38. The van der Waals surface area contributed by atoms with Gasteiger partial charge in [-0.3, -0.25) is 0 Å². The standard InChI is InChI=1S/C19H13F3N4O3/c20-19(21,22)29-16-4-2-1-3-14(16)11-5-6-15-12(7-11)8-23-18(25-15)26-10-13(9-24-26)17(27)28/h1-7,9-10H,8H2,(H,23,25)(H,27,28). The van der Waals surface area contributed by atoms with Crippen molar-refractivity contribution < 1.29 is 27.8 Å². The first-order chi connectivity index (χ1) is 13.8. The average molecular weight is 402 g/mol. The van der Waals surface area contributed by atoms with Gasteiger partial charge in [0, 0.05) is 17.4 Å². The molecule has 2 aromatic carbocycles. The number of ether oxygens (including phenoxy) is 1. The Labute approximate surface area is 162 Å². The van der Waals surface area contributed by atoms with Gasteiger partial charge in [-0.2, -0.15) is 5.10 Å². The molecule has 0 fully saturated rings. The first kappa shape index (κ1) is 18.5. The molecule has 0 bridgehead atoms. The average Bonchev–Trinajstić information content (AvgIpc) is 3.17. The molecule has 2 heterocycles. The maximum absolute atomic E-state index is 12.7. The van der Waals surface area contributed by atoms with Gasteiger partial charge in [0.05, 0.1) is 18.3 Å². The lowest BCUT2D eigenvalue weighted by Gasteiger charge is -2.20. The number of hydrogen-bond donors (Lipinski definition) is 2. The molecule has 148 valence electrons. The predicted molar refractivity (Wildman–Crippen MR) is 97.9 cm³/mol. The molecule has 0 spiro atoms. The van der Waals surface area contributed by atoms with Crippen LogP contribution in [0.5, 0.6) is 5.75 Å². The van der Waals surface area contributed by atoms with Gasteiger partial charge in [0.15, 0.2) is 0 Å². The van der Waals surface area contributed by atoms with Gasteiger partial charge in [-0.1, -0.05) is 24.3 Å². The van der Waals surface area contributed by atoms with Gasteiger partial charge < -0.3 is 15.2 Å². The van der Waals surface area contributed by atoms with E-state index in [-0.39, 0.29) is 17.9 Å². The molecule has 2 N–H and O–H groups in total. The van der Waals surface area contributed by atoms with Gasteiger partial charge >= 0.3 is 12.3 Å². The molecule has 0 unspecified atom stereocenters. The second kappa shape index (κ2) is 6.97. The lowest BCUT2D eigenvalue weighted by molar-refractivity contribution is -0.274. The summed E-state index contributed by atoms with van der Waals surface area (Å²) in [7, 11) is 0. The number of aliphatic imine (C=N–C) groups is 1. The van der Waals surface area contributed by atoms with E-state index in [1.165, 1.54) is 29.2 Å². The van der Waals surface area contributed by atoms with E-state index in [1.807, 2.05) is 0 Å². The molecule has 1 aliphatic heterocycles. The molecule has 1 aromatic heterocycles. The Bertz CT molecular complexity index is 1120. The van der Waals surface area contributed by atoms with E-state index in [2.05, 4.69) is 20.1 Å². The van der Waals surface area contributed by atoms with E-state index in [4.69, 9.17) is 5.11 Å². The maximum Gasteiger partial charge on any atom is 0.573 e. The molecule has 29 heavy (non-hydrogen) atoms. The van der Waals surface area contributed by atoms with Gasteiger partial charge in [0.1, 0.15) is 5.75 Å². The van der Waals surface area contributed by atoms with Crippen LogP contribution in [0, 0.1) is 0 Å². The topological polar surface area (TPSA) is 88.7 Å². The van der Waals surface area contributed by atoms with Crippen molar-refractivity contribution in [2.24, 2.45) is 4.99 Å². The monoisotopic (exact) mass is 402 g/mol. The zero-order valence-electron chi connectivity index (χ0n) is 14.6. The summed E-state index contributed by atoms with van der Waals surface area (Å²) in [5, 5.41) is 16.0. The van der Waals surface area contributed by atoms with Crippen molar-refractivity contribution in [2.45, 2.75) is 12.9 Å². The number of nitrogens with zero attached hydrogens (tertiary/aromatic N) is 3. The summed E-state index contributed by atoms with van der Waals surface area (Å²) >= 11 is 0. The van der Waals surface area contributed by atoms with E-state index in [0.29, 0.717) is 22.8 Å². The van der Waals surface area contributed by atoms with Gasteiger partial charge in [0.2, 0.25) is 5.96 Å². The Hall–Kier alpha value is -3.82. The molecule has 10 heteroatoms. The zero-order valence-corrected chi connectivity index (χ0v) is 14.6. The van der Waals surface area contributed by atoms with E-state index < -0.39 is 12.3 Å². The molecule has 0 aliphatic carbocycles. The number of anilines is 1. The third-order valence-electron chi connectivity index (χ3n) is 4.22. The summed E-state index contributed by atoms with van der Waals surface area (Å²) in [6.45, 7) is 0.246. The third-order valence-corrected chi connectivity index (χ3v) is 4.22. The molecule has 1 aliphatic rings. The van der Waals surface area contributed by atoms with Gasteiger partial charge in [-0.25, -0.2) is 14.5 Å². The normalized spacial score (nSPS) is 13.3. The number of fused-ring (bicyclic) bond motifs is 1. The number of nitrogens with one attached hydrogen (secondary N) is 1. The molecule has 7 nitrogen and oxygen atoms in total. The summed E-state index contributed by atoms with van der Waals surface area (Å²) in [5.74, 6) is -1.04. The number of carbonyl (C=O) groups is 1. The largest absolute Gasteiger partial charge is 0.573 e. The van der Waals surface area contributed by atoms with Gasteiger partial charge in [-0.15, -0.1) is 13.2 Å². The number of carboxylic acid groups (broad SMARTS) is 1. The minimum Gasteiger partial charge on any atom is -0.478 e. The van der Waals surface area contributed by atoms with Crippen molar-refractivity contribution in [1.82, 2.24) is 9.78 Å². The highest BCUT2D eigenvalue weighted by molar-refractivity contribution is 5.98. The van der Waals surface area contributed by atoms with E-state index >= 15 is 0 Å². The molecule has 3 aromatic rings. The molecule has 0 saturated heterocycles. The number of carboxylic acids is 1. The van der Waals surface area contributed by atoms with Crippen LogP contribution in [0.15, 0.2) is 59.9 Å². The third kappa shape index (κ3) is 3.91. The lowest BCUT2D eigenvalue weighted by atomic mass is 10.0. The summed E-state index contributed by atoms with van der Waals surface area (Å²) in [6.07, 6.45) is -2.25. The smallest absolute Gasteiger partial charge is 0.478 e. The van der Waals surface area contributed by atoms with Crippen LogP contribution in [0.1, 0.15) is 15.9 Å². The lowest BCUT2D eigenvalue weighted by Crippen LogP contribution is -2.26. The number of aromatic carboxylic acids is 1. The summed E-state index contributed by atoms with van der Waals surface area (Å²) in [4.78, 5) is 15.3. The number of para-hydroxylation sites is 1. The number of rotatable bonds is 3. The summed E-state index contributed by atoms with van der Waals surface area (Å²) in [6, 6.07) is 11.0. The van der Waals surface area contributed by atoms with Crippen LogP contribution in [-0.4, -0.2) is 33.2 Å². The molecular formula is C19H13F3N4O3. The maximum atomic E-state index is 12.7. The molecule has 0 atom stereocenters. The Morgan fingerprint density at radius 3 is 2.72 bits per heavy atom. The van der Waals surface area contributed by atoms with E-state index in [1.54, 1.807) is 30.3 Å². The fourth-order valence-electron chi connectivity index (χ4n) is 2.93. The number of halogens is 3. The number of alkyl halides is 3. The zero-order chi connectivity index (χ0) is 20.6. The van der Waals surface area contributed by atoms with Crippen molar-refractivity contribution in [3.05, 3.63) is 66.0 Å². The second-order valence-corrected chi connectivity index (χ2v) is 6.16. The van der Waals surface area contributed by atoms with Gasteiger partial charge in [-0.05, 0) is 29.3 Å². The fraction of sp³-hybridized carbons (Fsp3) is 0.105. The van der Waals surface area contributed by atoms with Crippen molar-refractivity contribution in [3.8, 4) is 16.9 Å². The van der Waals surface area contributed by atoms with Crippen molar-refractivity contribution in [3.63, 3.8) is 0 Å². The Balaban J connectivity index is 1.62. The molecule has 0 amide bonds. The van der Waals surface area contributed by atoms with Crippen molar-refractivity contribution >= 4 is 17.6 Å². The summed E-state index contributed by atoms with van der Waals surface area (Å²) < 4.78 is 43.5. The van der Waals surface area contributed by atoms with Crippen LogP contribution in [-0.2, 0) is 6.54 Å². The molecule has 0 saturated carbocycles. The first-order valence-electron chi connectivity index (χ1n) is 8.38. The van der Waals surface area contributed by atoms with Crippen LogP contribution < -0.4 is 10.1 Å². The fourth-order valence-corrected chi connectivity index (χ4v) is 2.93. The van der Waals surface area contributed by atoms with Crippen LogP contribution in [0.3, 0.4) is 0 Å². The minimum atomic E-state index is -4.79. The van der Waals surface area contributed by atoms with E-state index in [0.717, 1.165) is 5.56 Å². The van der Waals surface area contributed by atoms with Crippen LogP contribution in [0.2, 0.25) is 0 Å². The Kier molecular flexibility index (Phi) is 4.45. The SMILES string of the molecule is O=C(O)c1cnn(C2=NCc3cc(-c4ccccc4OC(F)(F)F)ccc3N2)c1. The number of aromatic nitrogens is 2. The van der Waals surface area contributed by atoms with Crippen molar-refractivity contribution in [1.29, 1.82) is 0 Å². The highest BCUT2D eigenvalue weighted by atomic mass is 19.4. The molecular weight excluding hydrogens is 389 g/mol.